The number of nitrogens with zero attached hydrogens (tertiary/aromatic N) is 2. The lowest BCUT2D eigenvalue weighted by atomic mass is 10.2. The first kappa shape index (κ1) is 7.03. The topological polar surface area (TPSA) is 41.6 Å². The number of aryl methyl sites for hydroxylation is 1. The maximum absolute atomic E-state index is 4.19. The van der Waals surface area contributed by atoms with Gasteiger partial charge < -0.3 is 4.98 Å². The molecule has 0 spiro atoms. The zero-order chi connectivity index (χ0) is 8.39. The van der Waals surface area contributed by atoms with Crippen LogP contribution in [0.5, 0.6) is 0 Å². The zero-order valence-corrected chi connectivity index (χ0v) is 6.70. The van der Waals surface area contributed by atoms with E-state index < -0.39 is 0 Å². The van der Waals surface area contributed by atoms with E-state index in [1.807, 2.05) is 25.1 Å². The first-order valence-corrected chi connectivity index (χ1v) is 3.72. The summed E-state index contributed by atoms with van der Waals surface area (Å²) in [5, 5.41) is 0. The van der Waals surface area contributed by atoms with E-state index in [1.54, 1.807) is 6.20 Å². The van der Waals surface area contributed by atoms with Gasteiger partial charge >= 0.3 is 0 Å². The summed E-state index contributed by atoms with van der Waals surface area (Å²) < 4.78 is 0. The lowest BCUT2D eigenvalue weighted by molar-refractivity contribution is 1.24. The van der Waals surface area contributed by atoms with E-state index in [1.165, 1.54) is 0 Å². The van der Waals surface area contributed by atoms with Crippen LogP contribution in [0.1, 0.15) is 5.69 Å². The van der Waals surface area contributed by atoms with Crippen molar-refractivity contribution in [3.05, 3.63) is 36.4 Å². The van der Waals surface area contributed by atoms with Crippen molar-refractivity contribution in [2.75, 3.05) is 0 Å². The van der Waals surface area contributed by atoms with E-state index in [-0.39, 0.29) is 0 Å². The average Bonchev–Trinajstić information content (AvgIpc) is 2.53. The van der Waals surface area contributed by atoms with Gasteiger partial charge in [-0.1, -0.05) is 6.07 Å². The summed E-state index contributed by atoms with van der Waals surface area (Å²) in [6, 6.07) is 5.77. The third-order valence-electron chi connectivity index (χ3n) is 1.69. The smallest absolute Gasteiger partial charge is 0.174 e. The summed E-state index contributed by atoms with van der Waals surface area (Å²) in [6.45, 7) is 1.93. The Bertz CT molecular complexity index is 364. The maximum atomic E-state index is 4.19. The summed E-state index contributed by atoms with van der Waals surface area (Å²) in [5.41, 5.74) is 2.77. The lowest BCUT2D eigenvalue weighted by Gasteiger charge is -1.95. The van der Waals surface area contributed by atoms with Crippen molar-refractivity contribution in [3.8, 4) is 11.4 Å². The molecule has 0 aliphatic rings. The van der Waals surface area contributed by atoms with Crippen LogP contribution in [-0.2, 0) is 0 Å². The summed E-state index contributed by atoms with van der Waals surface area (Å²) in [4.78, 5) is 11.1. The van der Waals surface area contributed by atoms with Crippen LogP contribution in [-0.4, -0.2) is 15.0 Å². The molecule has 1 radical (unpaired) electrons. The number of hydrogen-bond donors (Lipinski definition) is 1. The largest absolute Gasteiger partial charge is 0.334 e. The maximum Gasteiger partial charge on any atom is 0.174 e. The van der Waals surface area contributed by atoms with Gasteiger partial charge in [0.2, 0.25) is 0 Å². The Hall–Kier alpha value is -1.64. The molecule has 3 heteroatoms. The molecule has 2 aromatic heterocycles. The second-order valence-electron chi connectivity index (χ2n) is 2.52. The van der Waals surface area contributed by atoms with Gasteiger partial charge in [0.15, 0.2) is 6.33 Å². The molecule has 59 valence electrons. The molecule has 0 amide bonds. The number of hydrogen-bond acceptors (Lipinski definition) is 2. The molecule has 2 heterocycles. The Morgan fingerprint density at radius 3 is 2.92 bits per heavy atom. The molecule has 0 fully saturated rings. The van der Waals surface area contributed by atoms with Crippen LogP contribution in [0.3, 0.4) is 0 Å². The van der Waals surface area contributed by atoms with Crippen molar-refractivity contribution in [2.45, 2.75) is 6.92 Å². The Kier molecular flexibility index (Phi) is 1.63. The van der Waals surface area contributed by atoms with Crippen LogP contribution in [0.25, 0.3) is 11.4 Å². The van der Waals surface area contributed by atoms with Crippen LogP contribution in [0.15, 0.2) is 24.4 Å². The number of nitrogens with one attached hydrogen (secondary N) is 1. The molecule has 1 N–H and O–H groups in total. The van der Waals surface area contributed by atoms with Crippen molar-refractivity contribution in [3.63, 3.8) is 0 Å². The fraction of sp³-hybridized carbons (Fsp3) is 0.111. The van der Waals surface area contributed by atoms with E-state index in [4.69, 9.17) is 0 Å². The first-order valence-electron chi connectivity index (χ1n) is 3.72. The third kappa shape index (κ3) is 1.09. The van der Waals surface area contributed by atoms with E-state index in [2.05, 4.69) is 21.3 Å². The van der Waals surface area contributed by atoms with Crippen molar-refractivity contribution in [1.82, 2.24) is 15.0 Å². The highest BCUT2D eigenvalue weighted by Crippen LogP contribution is 2.15. The SMILES string of the molecule is Cc1n[c][nH]c1-c1ccccn1. The van der Waals surface area contributed by atoms with Gasteiger partial charge in [0.05, 0.1) is 17.1 Å². The number of H-pyrrole nitrogens is 1. The van der Waals surface area contributed by atoms with Gasteiger partial charge in [-0.3, -0.25) is 4.98 Å². The van der Waals surface area contributed by atoms with Gasteiger partial charge in [-0.2, -0.15) is 0 Å². The molecule has 0 unspecified atom stereocenters. The lowest BCUT2D eigenvalue weighted by Crippen LogP contribution is -1.83. The minimum absolute atomic E-state index is 0.906. The summed E-state index contributed by atoms with van der Waals surface area (Å²) in [6.07, 6.45) is 4.44. The van der Waals surface area contributed by atoms with Crippen molar-refractivity contribution >= 4 is 0 Å². The highest BCUT2D eigenvalue weighted by molar-refractivity contribution is 5.55. The summed E-state index contributed by atoms with van der Waals surface area (Å²) >= 11 is 0. The standard InChI is InChI=1S/C9H8N3/c1-7-9(12-6-11-7)8-4-2-3-5-10-8/h2-5H,1H3,(H,11,12). The normalized spacial score (nSPS) is 10.1. The Balaban J connectivity index is 2.51. The molecule has 3 nitrogen and oxygen atoms in total. The van der Waals surface area contributed by atoms with Crippen molar-refractivity contribution in [2.24, 2.45) is 0 Å². The van der Waals surface area contributed by atoms with Gasteiger partial charge in [0.25, 0.3) is 0 Å². The number of rotatable bonds is 1. The molecule has 0 aliphatic heterocycles. The average molecular weight is 158 g/mol. The number of pyridine rings is 1. The first-order chi connectivity index (χ1) is 5.88. The second kappa shape index (κ2) is 2.77. The summed E-state index contributed by atoms with van der Waals surface area (Å²) in [7, 11) is 0. The molecule has 0 aromatic carbocycles. The van der Waals surface area contributed by atoms with Gasteiger partial charge in [-0.05, 0) is 19.1 Å². The zero-order valence-electron chi connectivity index (χ0n) is 6.70. The van der Waals surface area contributed by atoms with Gasteiger partial charge in [-0.15, -0.1) is 0 Å². The highest BCUT2D eigenvalue weighted by Gasteiger charge is 2.03. The molecular formula is C9H8N3. The summed E-state index contributed by atoms with van der Waals surface area (Å²) in [5.74, 6) is 0. The minimum Gasteiger partial charge on any atom is -0.334 e. The monoisotopic (exact) mass is 158 g/mol. The van der Waals surface area contributed by atoms with Crippen molar-refractivity contribution < 1.29 is 0 Å². The number of imidazole rings is 1. The molecular weight excluding hydrogens is 150 g/mol. The number of aromatic amines is 1. The van der Waals surface area contributed by atoms with Crippen LogP contribution in [0.4, 0.5) is 0 Å². The fourth-order valence-electron chi connectivity index (χ4n) is 1.07. The predicted molar refractivity (Wildman–Crippen MR) is 45.4 cm³/mol. The third-order valence-corrected chi connectivity index (χ3v) is 1.69. The highest BCUT2D eigenvalue weighted by atomic mass is 14.9. The molecule has 0 aliphatic carbocycles. The van der Waals surface area contributed by atoms with Gasteiger partial charge in [0, 0.05) is 6.20 Å². The molecule has 0 atom stereocenters. The Labute approximate surface area is 70.5 Å². The quantitative estimate of drug-likeness (QED) is 0.684. The van der Waals surface area contributed by atoms with Crippen molar-refractivity contribution in [1.29, 1.82) is 0 Å². The molecule has 0 bridgehead atoms. The van der Waals surface area contributed by atoms with Crippen LogP contribution >= 0.6 is 0 Å². The molecule has 12 heavy (non-hydrogen) atoms. The van der Waals surface area contributed by atoms with E-state index in [0.717, 1.165) is 17.1 Å². The Morgan fingerprint density at radius 1 is 1.42 bits per heavy atom. The van der Waals surface area contributed by atoms with Crippen LogP contribution < -0.4 is 0 Å². The predicted octanol–water partition coefficient (Wildman–Crippen LogP) is 1.58. The van der Waals surface area contributed by atoms with Gasteiger partial charge in [0.1, 0.15) is 0 Å². The molecule has 0 saturated heterocycles. The molecule has 2 aromatic rings. The number of aromatic nitrogens is 3. The van der Waals surface area contributed by atoms with E-state index in [9.17, 15) is 0 Å². The Morgan fingerprint density at radius 2 is 2.33 bits per heavy atom. The van der Waals surface area contributed by atoms with Crippen LogP contribution in [0, 0.1) is 13.3 Å². The second-order valence-corrected chi connectivity index (χ2v) is 2.52. The van der Waals surface area contributed by atoms with Crippen LogP contribution in [0.2, 0.25) is 0 Å². The molecule has 2 rings (SSSR count). The molecule has 0 saturated carbocycles. The van der Waals surface area contributed by atoms with E-state index in [0.29, 0.717) is 0 Å². The van der Waals surface area contributed by atoms with E-state index >= 15 is 0 Å². The van der Waals surface area contributed by atoms with Gasteiger partial charge in [-0.25, -0.2) is 4.98 Å². The fourth-order valence-corrected chi connectivity index (χ4v) is 1.07. The minimum atomic E-state index is 0.906.